The molecule has 1 heterocycles. The summed E-state index contributed by atoms with van der Waals surface area (Å²) in [5.41, 5.74) is 0.618. The van der Waals surface area contributed by atoms with E-state index in [0.717, 1.165) is 25.9 Å². The lowest BCUT2D eigenvalue weighted by Crippen LogP contribution is -2.32. The van der Waals surface area contributed by atoms with E-state index >= 15 is 0 Å². The molecule has 0 radical (unpaired) electrons. The van der Waals surface area contributed by atoms with Gasteiger partial charge in [-0.3, -0.25) is 4.79 Å². The average molecular weight is 328 g/mol. The van der Waals surface area contributed by atoms with Crippen molar-refractivity contribution in [1.29, 1.82) is 5.26 Å². The van der Waals surface area contributed by atoms with Crippen LogP contribution < -0.4 is 4.74 Å². The number of esters is 1. The lowest BCUT2D eigenvalue weighted by Gasteiger charge is -2.15. The van der Waals surface area contributed by atoms with Gasteiger partial charge < -0.3 is 14.4 Å². The highest BCUT2D eigenvalue weighted by molar-refractivity contribution is 5.97. The summed E-state index contributed by atoms with van der Waals surface area (Å²) < 4.78 is 10.3. The van der Waals surface area contributed by atoms with Crippen LogP contribution >= 0.6 is 0 Å². The number of carbonyl (C=O) groups is 2. The minimum absolute atomic E-state index is 0.00875. The van der Waals surface area contributed by atoms with Gasteiger partial charge in [0.2, 0.25) is 0 Å². The molecule has 0 aromatic heterocycles. The molecule has 0 N–H and O–H groups in total. The normalized spacial score (nSPS) is 14.2. The summed E-state index contributed by atoms with van der Waals surface area (Å²) >= 11 is 0. The predicted molar refractivity (Wildman–Crippen MR) is 88.0 cm³/mol. The van der Waals surface area contributed by atoms with Crippen LogP contribution in [0.5, 0.6) is 5.75 Å². The summed E-state index contributed by atoms with van der Waals surface area (Å²) in [4.78, 5) is 25.3. The van der Waals surface area contributed by atoms with E-state index in [0.29, 0.717) is 11.3 Å². The van der Waals surface area contributed by atoms with Crippen LogP contribution in [-0.2, 0) is 14.3 Å². The van der Waals surface area contributed by atoms with Crippen molar-refractivity contribution in [3.63, 3.8) is 0 Å². The Morgan fingerprint density at radius 1 is 1.25 bits per heavy atom. The van der Waals surface area contributed by atoms with Crippen LogP contribution in [0.25, 0.3) is 6.08 Å². The van der Waals surface area contributed by atoms with Gasteiger partial charge in [0.25, 0.3) is 5.91 Å². The lowest BCUT2D eigenvalue weighted by molar-refractivity contribution is -0.138. The van der Waals surface area contributed by atoms with Gasteiger partial charge in [0, 0.05) is 13.1 Å². The first kappa shape index (κ1) is 17.5. The Hall–Kier alpha value is -2.81. The average Bonchev–Trinajstić information content (AvgIpc) is 3.13. The van der Waals surface area contributed by atoms with Gasteiger partial charge >= 0.3 is 5.97 Å². The van der Waals surface area contributed by atoms with Gasteiger partial charge in [-0.25, -0.2) is 4.79 Å². The third kappa shape index (κ3) is 4.85. The Balaban J connectivity index is 1.93. The largest absolute Gasteiger partial charge is 0.484 e. The third-order valence-electron chi connectivity index (χ3n) is 3.63. The Kier molecular flexibility index (Phi) is 6.38. The molecule has 6 heteroatoms. The van der Waals surface area contributed by atoms with Crippen molar-refractivity contribution in [2.45, 2.75) is 19.8 Å². The van der Waals surface area contributed by atoms with Crippen molar-refractivity contribution < 1.29 is 19.1 Å². The van der Waals surface area contributed by atoms with Crippen molar-refractivity contribution in [3.05, 3.63) is 35.4 Å². The second-order valence-electron chi connectivity index (χ2n) is 5.34. The number of benzene rings is 1. The van der Waals surface area contributed by atoms with Crippen molar-refractivity contribution in [1.82, 2.24) is 4.90 Å². The van der Waals surface area contributed by atoms with Crippen LogP contribution in [0.15, 0.2) is 29.8 Å². The molecule has 0 atom stereocenters. The monoisotopic (exact) mass is 328 g/mol. The Morgan fingerprint density at radius 2 is 1.92 bits per heavy atom. The van der Waals surface area contributed by atoms with E-state index in [1.807, 2.05) is 6.07 Å². The molecule has 0 unspecified atom stereocenters. The Morgan fingerprint density at radius 3 is 2.50 bits per heavy atom. The molecule has 1 aromatic carbocycles. The molecule has 0 bridgehead atoms. The van der Waals surface area contributed by atoms with E-state index in [4.69, 9.17) is 14.7 Å². The number of carbonyl (C=O) groups excluding carboxylic acids is 2. The van der Waals surface area contributed by atoms with Crippen LogP contribution in [0.4, 0.5) is 0 Å². The summed E-state index contributed by atoms with van der Waals surface area (Å²) in [6, 6.07) is 8.65. The van der Waals surface area contributed by atoms with E-state index in [2.05, 4.69) is 0 Å². The fourth-order valence-corrected chi connectivity index (χ4v) is 2.38. The molecule has 24 heavy (non-hydrogen) atoms. The summed E-state index contributed by atoms with van der Waals surface area (Å²) in [5, 5.41) is 9.00. The number of ether oxygens (including phenoxy) is 2. The molecule has 6 nitrogen and oxygen atoms in total. The number of nitriles is 1. The highest BCUT2D eigenvalue weighted by Gasteiger charge is 2.18. The fourth-order valence-electron chi connectivity index (χ4n) is 2.38. The number of nitrogens with zero attached hydrogens (tertiary/aromatic N) is 2. The van der Waals surface area contributed by atoms with Crippen LogP contribution in [0.2, 0.25) is 0 Å². The van der Waals surface area contributed by atoms with Crippen molar-refractivity contribution in [2.75, 3.05) is 26.3 Å². The number of hydrogen-bond donors (Lipinski definition) is 0. The minimum Gasteiger partial charge on any atom is -0.484 e. The van der Waals surface area contributed by atoms with Gasteiger partial charge in [0.15, 0.2) is 6.61 Å². The molecule has 1 aliphatic heterocycles. The van der Waals surface area contributed by atoms with Crippen LogP contribution in [-0.4, -0.2) is 43.1 Å². The second kappa shape index (κ2) is 8.73. The first-order chi connectivity index (χ1) is 11.6. The first-order valence-electron chi connectivity index (χ1n) is 7.93. The molecule has 1 saturated heterocycles. The maximum Gasteiger partial charge on any atom is 0.348 e. The topological polar surface area (TPSA) is 79.6 Å². The Bertz CT molecular complexity index is 653. The smallest absolute Gasteiger partial charge is 0.348 e. The molecule has 0 saturated carbocycles. The van der Waals surface area contributed by atoms with Crippen LogP contribution in [0.1, 0.15) is 25.3 Å². The van der Waals surface area contributed by atoms with Gasteiger partial charge in [-0.05, 0) is 43.5 Å². The first-order valence-corrected chi connectivity index (χ1v) is 7.93. The van der Waals surface area contributed by atoms with E-state index in [1.54, 1.807) is 36.1 Å². The van der Waals surface area contributed by atoms with Gasteiger partial charge in [-0.15, -0.1) is 0 Å². The molecule has 1 fully saturated rings. The molecule has 2 rings (SSSR count). The zero-order valence-electron chi connectivity index (χ0n) is 13.7. The Labute approximate surface area is 141 Å². The van der Waals surface area contributed by atoms with Gasteiger partial charge in [-0.2, -0.15) is 5.26 Å². The van der Waals surface area contributed by atoms with Gasteiger partial charge in [0.05, 0.1) is 6.61 Å². The zero-order chi connectivity index (χ0) is 17.4. The van der Waals surface area contributed by atoms with E-state index < -0.39 is 5.97 Å². The van der Waals surface area contributed by atoms with Crippen molar-refractivity contribution in [3.8, 4) is 11.8 Å². The SMILES string of the molecule is CCOC(=O)/C(C#N)=C/c1ccc(OCC(=O)N2CCCC2)cc1. The van der Waals surface area contributed by atoms with Crippen molar-refractivity contribution in [2.24, 2.45) is 0 Å². The number of likely N-dealkylation sites (tertiary alicyclic amines) is 1. The minimum atomic E-state index is -0.642. The number of hydrogen-bond acceptors (Lipinski definition) is 5. The predicted octanol–water partition coefficient (Wildman–Crippen LogP) is 2.16. The van der Waals surface area contributed by atoms with Gasteiger partial charge in [-0.1, -0.05) is 12.1 Å². The summed E-state index contributed by atoms with van der Waals surface area (Å²) in [6.45, 7) is 3.52. The standard InChI is InChI=1S/C18H20N2O4/c1-2-23-18(22)15(12-19)11-14-5-7-16(8-6-14)24-13-17(21)20-9-3-4-10-20/h5-8,11H,2-4,9-10,13H2,1H3/b15-11+. The third-order valence-corrected chi connectivity index (χ3v) is 3.63. The molecule has 0 spiro atoms. The molecule has 1 aliphatic rings. The molecule has 126 valence electrons. The maximum atomic E-state index is 11.9. The van der Waals surface area contributed by atoms with E-state index in [9.17, 15) is 9.59 Å². The summed E-state index contributed by atoms with van der Waals surface area (Å²) in [5.74, 6) is -0.0866. The molecular weight excluding hydrogens is 308 g/mol. The van der Waals surface area contributed by atoms with Crippen molar-refractivity contribution >= 4 is 18.0 Å². The molecule has 1 aromatic rings. The summed E-state index contributed by atoms with van der Waals surface area (Å²) in [6.07, 6.45) is 3.56. The highest BCUT2D eigenvalue weighted by Crippen LogP contribution is 2.16. The van der Waals surface area contributed by atoms with Crippen LogP contribution in [0.3, 0.4) is 0 Å². The molecule has 0 aliphatic carbocycles. The summed E-state index contributed by atoms with van der Waals surface area (Å²) in [7, 11) is 0. The quantitative estimate of drug-likeness (QED) is 0.454. The maximum absolute atomic E-state index is 11.9. The fraction of sp³-hybridized carbons (Fsp3) is 0.389. The zero-order valence-corrected chi connectivity index (χ0v) is 13.7. The van der Waals surface area contributed by atoms with Gasteiger partial charge in [0.1, 0.15) is 17.4 Å². The highest BCUT2D eigenvalue weighted by atomic mass is 16.5. The number of amides is 1. The molecule has 1 amide bonds. The second-order valence-corrected chi connectivity index (χ2v) is 5.34. The van der Waals surface area contributed by atoms with E-state index in [1.165, 1.54) is 6.08 Å². The lowest BCUT2D eigenvalue weighted by atomic mass is 10.1. The van der Waals surface area contributed by atoms with E-state index in [-0.39, 0.29) is 24.7 Å². The molecular formula is C18H20N2O4. The number of rotatable bonds is 6. The van der Waals surface area contributed by atoms with Crippen LogP contribution in [0, 0.1) is 11.3 Å².